The summed E-state index contributed by atoms with van der Waals surface area (Å²) < 4.78 is 4.50. The summed E-state index contributed by atoms with van der Waals surface area (Å²) >= 11 is 0. The van der Waals surface area contributed by atoms with Crippen molar-refractivity contribution in [3.63, 3.8) is 0 Å². The summed E-state index contributed by atoms with van der Waals surface area (Å²) in [5.41, 5.74) is 1.04. The second kappa shape index (κ2) is 5.90. The molecule has 0 heterocycles. The van der Waals surface area contributed by atoms with Gasteiger partial charge in [0, 0.05) is 18.3 Å². The van der Waals surface area contributed by atoms with Gasteiger partial charge in [0.05, 0.1) is 7.11 Å². The zero-order valence-corrected chi connectivity index (χ0v) is 8.99. The van der Waals surface area contributed by atoms with Crippen LogP contribution in [0.15, 0.2) is 30.3 Å². The number of benzene rings is 1. The van der Waals surface area contributed by atoms with Crippen LogP contribution in [0.25, 0.3) is 0 Å². The van der Waals surface area contributed by atoms with Crippen LogP contribution in [0.3, 0.4) is 0 Å². The zero-order chi connectivity index (χ0) is 11.1. The Morgan fingerprint density at radius 3 is 2.67 bits per heavy atom. The highest BCUT2D eigenvalue weighted by atomic mass is 16.5. The normalized spacial score (nSPS) is 11.6. The van der Waals surface area contributed by atoms with Gasteiger partial charge in [-0.25, -0.2) is 4.79 Å². The molecular formula is C11H16N2O2. The Balaban J connectivity index is 2.28. The molecule has 82 valence electrons. The Morgan fingerprint density at radius 1 is 1.40 bits per heavy atom. The molecule has 4 nitrogen and oxygen atoms in total. The number of carbonyl (C=O) groups is 1. The Labute approximate surface area is 89.6 Å². The number of rotatable bonds is 4. The van der Waals surface area contributed by atoms with E-state index >= 15 is 0 Å². The minimum Gasteiger partial charge on any atom is -0.453 e. The summed E-state index contributed by atoms with van der Waals surface area (Å²) in [5, 5.41) is 5.88. The van der Waals surface area contributed by atoms with E-state index in [1.165, 1.54) is 7.11 Å². The first kappa shape index (κ1) is 11.4. The number of methoxy groups -OCH3 is 1. The van der Waals surface area contributed by atoms with Crippen LogP contribution in [-0.2, 0) is 4.74 Å². The van der Waals surface area contributed by atoms with E-state index in [4.69, 9.17) is 0 Å². The summed E-state index contributed by atoms with van der Waals surface area (Å²) in [6.45, 7) is 2.58. The Morgan fingerprint density at radius 2 is 2.07 bits per heavy atom. The highest BCUT2D eigenvalue weighted by Gasteiger charge is 2.05. The van der Waals surface area contributed by atoms with Gasteiger partial charge in [-0.05, 0) is 19.1 Å². The quantitative estimate of drug-likeness (QED) is 0.793. The number of hydrogen-bond donors (Lipinski definition) is 2. The number of para-hydroxylation sites is 1. The minimum absolute atomic E-state index is 0.0256. The van der Waals surface area contributed by atoms with E-state index in [-0.39, 0.29) is 6.04 Å². The van der Waals surface area contributed by atoms with Gasteiger partial charge >= 0.3 is 6.09 Å². The fourth-order valence-electron chi connectivity index (χ4n) is 1.14. The molecule has 1 atom stereocenters. The molecular weight excluding hydrogens is 192 g/mol. The molecule has 1 unspecified atom stereocenters. The van der Waals surface area contributed by atoms with Crippen LogP contribution in [0.2, 0.25) is 0 Å². The van der Waals surface area contributed by atoms with Gasteiger partial charge in [-0.15, -0.1) is 0 Å². The van der Waals surface area contributed by atoms with E-state index in [0.717, 1.165) is 5.69 Å². The third-order valence-electron chi connectivity index (χ3n) is 1.94. The number of carbonyl (C=O) groups excluding carboxylic acids is 1. The van der Waals surface area contributed by atoms with E-state index in [0.29, 0.717) is 6.54 Å². The standard InChI is InChI=1S/C11H16N2O2/c1-9(13-11(14)15-2)8-12-10-6-4-3-5-7-10/h3-7,9,12H,8H2,1-2H3,(H,13,14). The lowest BCUT2D eigenvalue weighted by atomic mass is 10.3. The molecule has 0 fully saturated rings. The minimum atomic E-state index is -0.405. The average Bonchev–Trinajstić information content (AvgIpc) is 2.27. The van der Waals surface area contributed by atoms with Gasteiger partial charge in [-0.2, -0.15) is 0 Å². The molecule has 0 radical (unpaired) electrons. The summed E-state index contributed by atoms with van der Waals surface area (Å²) in [6, 6.07) is 9.86. The molecule has 0 aromatic heterocycles. The van der Waals surface area contributed by atoms with Crippen LogP contribution in [0.5, 0.6) is 0 Å². The Bertz CT molecular complexity index is 301. The number of amides is 1. The maximum absolute atomic E-state index is 10.9. The molecule has 0 spiro atoms. The van der Waals surface area contributed by atoms with Crippen LogP contribution in [0.4, 0.5) is 10.5 Å². The maximum atomic E-state index is 10.9. The lowest BCUT2D eigenvalue weighted by Crippen LogP contribution is -2.37. The van der Waals surface area contributed by atoms with Gasteiger partial charge in [-0.3, -0.25) is 0 Å². The number of hydrogen-bond acceptors (Lipinski definition) is 3. The summed E-state index contributed by atoms with van der Waals surface area (Å²) in [6.07, 6.45) is -0.405. The second-order valence-corrected chi connectivity index (χ2v) is 3.28. The van der Waals surface area contributed by atoms with Gasteiger partial charge in [0.1, 0.15) is 0 Å². The van der Waals surface area contributed by atoms with Crippen molar-refractivity contribution < 1.29 is 9.53 Å². The molecule has 0 aliphatic carbocycles. The molecule has 2 N–H and O–H groups in total. The van der Waals surface area contributed by atoms with Crippen molar-refractivity contribution in [2.24, 2.45) is 0 Å². The van der Waals surface area contributed by atoms with Crippen molar-refractivity contribution in [3.05, 3.63) is 30.3 Å². The van der Waals surface area contributed by atoms with E-state index < -0.39 is 6.09 Å². The molecule has 15 heavy (non-hydrogen) atoms. The van der Waals surface area contributed by atoms with Crippen LogP contribution in [0, 0.1) is 0 Å². The van der Waals surface area contributed by atoms with Crippen LogP contribution >= 0.6 is 0 Å². The molecule has 1 aromatic rings. The van der Waals surface area contributed by atoms with Crippen LogP contribution in [-0.4, -0.2) is 25.8 Å². The smallest absolute Gasteiger partial charge is 0.407 e. The monoisotopic (exact) mass is 208 g/mol. The zero-order valence-electron chi connectivity index (χ0n) is 8.99. The summed E-state index contributed by atoms with van der Waals surface area (Å²) in [4.78, 5) is 10.9. The second-order valence-electron chi connectivity index (χ2n) is 3.28. The number of nitrogens with one attached hydrogen (secondary N) is 2. The molecule has 4 heteroatoms. The van der Waals surface area contributed by atoms with E-state index in [1.807, 2.05) is 37.3 Å². The highest BCUT2D eigenvalue weighted by Crippen LogP contribution is 2.04. The first-order valence-electron chi connectivity index (χ1n) is 4.86. The van der Waals surface area contributed by atoms with Crippen molar-refractivity contribution >= 4 is 11.8 Å². The third-order valence-corrected chi connectivity index (χ3v) is 1.94. The first-order chi connectivity index (χ1) is 7.22. The number of anilines is 1. The van der Waals surface area contributed by atoms with E-state index in [2.05, 4.69) is 15.4 Å². The number of alkyl carbamates (subject to hydrolysis) is 1. The van der Waals surface area contributed by atoms with Gasteiger partial charge < -0.3 is 15.4 Å². The number of ether oxygens (including phenoxy) is 1. The maximum Gasteiger partial charge on any atom is 0.407 e. The molecule has 1 amide bonds. The third kappa shape index (κ3) is 4.35. The largest absolute Gasteiger partial charge is 0.453 e. The Kier molecular flexibility index (Phi) is 4.47. The summed E-state index contributed by atoms with van der Waals surface area (Å²) in [7, 11) is 1.35. The van der Waals surface area contributed by atoms with Crippen LogP contribution in [0.1, 0.15) is 6.92 Å². The lowest BCUT2D eigenvalue weighted by molar-refractivity contribution is 0.168. The van der Waals surface area contributed by atoms with Gasteiger partial charge in [0.15, 0.2) is 0 Å². The highest BCUT2D eigenvalue weighted by molar-refractivity contribution is 5.67. The van der Waals surface area contributed by atoms with Crippen molar-refractivity contribution in [2.75, 3.05) is 19.0 Å². The topological polar surface area (TPSA) is 50.4 Å². The molecule has 0 aliphatic rings. The van der Waals surface area contributed by atoms with Crippen molar-refractivity contribution in [2.45, 2.75) is 13.0 Å². The van der Waals surface area contributed by atoms with Crippen LogP contribution < -0.4 is 10.6 Å². The van der Waals surface area contributed by atoms with Gasteiger partial charge in [0.25, 0.3) is 0 Å². The van der Waals surface area contributed by atoms with E-state index in [1.54, 1.807) is 0 Å². The van der Waals surface area contributed by atoms with Crippen molar-refractivity contribution in [1.82, 2.24) is 5.32 Å². The predicted octanol–water partition coefficient (Wildman–Crippen LogP) is 1.84. The lowest BCUT2D eigenvalue weighted by Gasteiger charge is -2.14. The molecule has 0 saturated heterocycles. The molecule has 0 saturated carbocycles. The van der Waals surface area contributed by atoms with Gasteiger partial charge in [-0.1, -0.05) is 18.2 Å². The summed E-state index contributed by atoms with van der Waals surface area (Å²) in [5.74, 6) is 0. The predicted molar refractivity (Wildman–Crippen MR) is 59.9 cm³/mol. The molecule has 1 aromatic carbocycles. The average molecular weight is 208 g/mol. The molecule has 0 bridgehead atoms. The molecule has 0 aliphatic heterocycles. The SMILES string of the molecule is COC(=O)NC(C)CNc1ccccc1. The molecule has 1 rings (SSSR count). The Hall–Kier alpha value is -1.71. The van der Waals surface area contributed by atoms with E-state index in [9.17, 15) is 4.79 Å². The fraction of sp³-hybridized carbons (Fsp3) is 0.364. The fourth-order valence-corrected chi connectivity index (χ4v) is 1.14. The first-order valence-corrected chi connectivity index (χ1v) is 4.86. The van der Waals surface area contributed by atoms with Crippen molar-refractivity contribution in [3.8, 4) is 0 Å². The van der Waals surface area contributed by atoms with Crippen molar-refractivity contribution in [1.29, 1.82) is 0 Å². The van der Waals surface area contributed by atoms with Gasteiger partial charge in [0.2, 0.25) is 0 Å².